The van der Waals surface area contributed by atoms with E-state index in [1.165, 1.54) is 24.4 Å². The van der Waals surface area contributed by atoms with Crippen molar-refractivity contribution in [1.29, 1.82) is 0 Å². The summed E-state index contributed by atoms with van der Waals surface area (Å²) in [5.41, 5.74) is 3.73. The first kappa shape index (κ1) is 12.4. The monoisotopic (exact) mass is 465 g/mol. The van der Waals surface area contributed by atoms with E-state index in [-0.39, 0.29) is 28.6 Å². The van der Waals surface area contributed by atoms with Gasteiger partial charge in [-0.1, -0.05) is 48.0 Å². The maximum Gasteiger partial charge on any atom is 0.338 e. The first-order chi connectivity index (χ1) is 21.1. The summed E-state index contributed by atoms with van der Waals surface area (Å²) in [7, 11) is 0. The van der Waals surface area contributed by atoms with Crippen LogP contribution in [-0.2, 0) is 16.1 Å². The van der Waals surface area contributed by atoms with Crippen molar-refractivity contribution in [3.8, 4) is 0 Å². The highest BCUT2D eigenvalue weighted by molar-refractivity contribution is 5.98. The number of nitrogens with zero attached hydrogens (tertiary/aromatic N) is 1. The number of aromatic nitrogens is 1. The molecule has 3 N–H and O–H groups in total. The summed E-state index contributed by atoms with van der Waals surface area (Å²) in [6.07, 6.45) is 1.42. The minimum absolute atomic E-state index is 0.0123. The fraction of sp³-hybridized carbons (Fsp3) is 0.179. The lowest BCUT2D eigenvalue weighted by atomic mass is 9.97. The zero-order chi connectivity index (χ0) is 34.5. The minimum atomic E-state index is -2.95. The molecule has 172 valence electrons. The van der Waals surface area contributed by atoms with Gasteiger partial charge in [-0.25, -0.2) is 4.79 Å². The zero-order valence-corrected chi connectivity index (χ0v) is 17.7. The van der Waals surface area contributed by atoms with Crippen molar-refractivity contribution in [2.45, 2.75) is 26.2 Å². The van der Waals surface area contributed by atoms with E-state index in [0.29, 0.717) is 10.8 Å². The molecule has 1 amide bonds. The van der Waals surface area contributed by atoms with Gasteiger partial charge in [0, 0.05) is 42.3 Å². The number of aryl methyl sites for hydroxylation is 2. The average molecular weight is 466 g/mol. The number of nitrogens with two attached hydrogens (primary N) is 1. The second-order valence-corrected chi connectivity index (χ2v) is 7.16. The predicted molar refractivity (Wildman–Crippen MR) is 134 cm³/mol. The van der Waals surface area contributed by atoms with E-state index in [1.54, 1.807) is 6.07 Å². The van der Waals surface area contributed by atoms with E-state index >= 15 is 0 Å². The van der Waals surface area contributed by atoms with Crippen LogP contribution in [0.2, 0.25) is 0 Å². The largest absolute Gasteiger partial charge is 0.457 e. The van der Waals surface area contributed by atoms with Gasteiger partial charge in [0.05, 0.1) is 15.6 Å². The third-order valence-corrected chi connectivity index (χ3v) is 4.87. The van der Waals surface area contributed by atoms with Crippen LogP contribution in [0.1, 0.15) is 55.0 Å². The van der Waals surface area contributed by atoms with Gasteiger partial charge in [0.25, 0.3) is 0 Å². The molecular formula is C28H27N3O3. The third-order valence-electron chi connectivity index (χ3n) is 4.87. The number of rotatable bonds is 7. The lowest BCUT2D eigenvalue weighted by Crippen LogP contribution is -2.27. The zero-order valence-electron chi connectivity index (χ0n) is 29.7. The highest BCUT2D eigenvalue weighted by Crippen LogP contribution is 2.22. The van der Waals surface area contributed by atoms with Crippen LogP contribution in [0.15, 0.2) is 79.1 Å². The number of carbonyl (C=O) groups is 2. The van der Waals surface area contributed by atoms with Crippen LogP contribution < -0.4 is 11.1 Å². The van der Waals surface area contributed by atoms with Crippen molar-refractivity contribution in [2.75, 3.05) is 11.8 Å². The van der Waals surface area contributed by atoms with E-state index in [2.05, 4.69) is 10.3 Å². The van der Waals surface area contributed by atoms with Crippen molar-refractivity contribution >= 4 is 28.3 Å². The molecule has 0 radical (unpaired) electrons. The van der Waals surface area contributed by atoms with Gasteiger partial charge >= 0.3 is 5.97 Å². The number of esters is 1. The number of hydrogen-bond acceptors (Lipinski definition) is 5. The van der Waals surface area contributed by atoms with Crippen LogP contribution in [0.3, 0.4) is 0 Å². The molecule has 0 fully saturated rings. The number of hydrogen-bond donors (Lipinski definition) is 2. The molecule has 0 bridgehead atoms. The molecule has 4 rings (SSSR count). The van der Waals surface area contributed by atoms with Crippen LogP contribution >= 0.6 is 0 Å². The lowest BCUT2D eigenvalue weighted by Gasteiger charge is -2.16. The average Bonchev–Trinajstić information content (AvgIpc) is 2.94. The van der Waals surface area contributed by atoms with Gasteiger partial charge in [0.1, 0.15) is 6.56 Å². The van der Waals surface area contributed by atoms with E-state index in [0.717, 1.165) is 42.5 Å². The van der Waals surface area contributed by atoms with E-state index in [4.69, 9.17) is 26.9 Å². The molecule has 6 nitrogen and oxygen atoms in total. The van der Waals surface area contributed by atoms with Crippen molar-refractivity contribution < 1.29 is 30.8 Å². The lowest BCUT2D eigenvalue weighted by molar-refractivity contribution is -0.117. The van der Waals surface area contributed by atoms with Crippen LogP contribution in [0.25, 0.3) is 10.8 Å². The highest BCUT2D eigenvalue weighted by atomic mass is 16.5. The quantitative estimate of drug-likeness (QED) is 0.379. The molecule has 0 aliphatic rings. The van der Waals surface area contributed by atoms with Gasteiger partial charge in [0.2, 0.25) is 5.91 Å². The molecule has 0 aliphatic heterocycles. The Morgan fingerprint density at radius 2 is 1.97 bits per heavy atom. The molecule has 4 aromatic rings. The van der Waals surface area contributed by atoms with E-state index in [9.17, 15) is 9.59 Å². The van der Waals surface area contributed by atoms with Gasteiger partial charge in [-0.2, -0.15) is 0 Å². The Kier molecular flexibility index (Phi) is 3.76. The SMILES string of the molecule is [2H]c1nccc2cc(NC(=O)C([2H])(c3ccc(C([2H])([2H])OC(=O)c4ccc(C([2H])([2H])[2H])cc4C([2H])([2H])[2H])cc3)C([2H])([2H])N)ccc12. The van der Waals surface area contributed by atoms with E-state index < -0.39 is 55.7 Å². The molecule has 0 saturated carbocycles. The normalized spacial score (nSPS) is 19.4. The molecule has 6 heteroatoms. The standard InChI is InChI=1S/C28H27N3O3/c1-18-3-10-25(19(2)13-18)28(33)34-17-20-4-6-21(7-5-20)26(15-29)27(32)31-24-9-8-23-16-30-12-11-22(23)14-24/h3-14,16,26H,15,17,29H2,1-2H3,(H,31,32)/i1D3,2D3,15D2,16D,17D2,26D. The van der Waals surface area contributed by atoms with Crippen LogP contribution in [0.5, 0.6) is 0 Å². The topological polar surface area (TPSA) is 94.3 Å². The summed E-state index contributed by atoms with van der Waals surface area (Å²) >= 11 is 0. The smallest absolute Gasteiger partial charge is 0.338 e. The summed E-state index contributed by atoms with van der Waals surface area (Å²) < 4.78 is 100. The number of carbonyl (C=O) groups excluding carboxylic acids is 2. The third kappa shape index (κ3) is 5.30. The molecule has 0 spiro atoms. The van der Waals surface area contributed by atoms with Crippen LogP contribution in [0, 0.1) is 13.7 Å². The fourth-order valence-electron chi connectivity index (χ4n) is 3.17. The first-order valence-electron chi connectivity index (χ1n) is 16.0. The van der Waals surface area contributed by atoms with Gasteiger partial charge in [-0.3, -0.25) is 9.78 Å². The van der Waals surface area contributed by atoms with Crippen molar-refractivity contribution in [3.05, 3.63) is 107 Å². The Balaban J connectivity index is 1.62. The van der Waals surface area contributed by atoms with Gasteiger partial charge in [0.15, 0.2) is 0 Å². The summed E-state index contributed by atoms with van der Waals surface area (Å²) in [5.74, 6) is -5.31. The molecule has 3 aromatic carbocycles. The molecule has 1 aromatic heterocycles. The number of ether oxygens (including phenoxy) is 1. The Morgan fingerprint density at radius 1 is 1.12 bits per heavy atom. The first-order valence-corrected chi connectivity index (χ1v) is 10.0. The maximum absolute atomic E-state index is 13.4. The predicted octanol–water partition coefficient (Wildman–Crippen LogP) is 4.89. The number of amides is 1. The Morgan fingerprint density at radius 3 is 2.74 bits per heavy atom. The van der Waals surface area contributed by atoms with Crippen LogP contribution in [-0.4, -0.2) is 23.4 Å². The molecule has 0 saturated heterocycles. The summed E-state index contributed by atoms with van der Waals surface area (Å²) in [5, 5.41) is 3.53. The van der Waals surface area contributed by atoms with Crippen molar-refractivity contribution in [1.82, 2.24) is 4.98 Å². The summed E-state index contributed by atoms with van der Waals surface area (Å²) in [6, 6.07) is 13.1. The Labute approximate surface area is 215 Å². The number of anilines is 1. The number of benzene rings is 3. The molecular weight excluding hydrogens is 426 g/mol. The Hall–Kier alpha value is -4.03. The van der Waals surface area contributed by atoms with Crippen molar-refractivity contribution in [2.24, 2.45) is 5.73 Å². The highest BCUT2D eigenvalue weighted by Gasteiger charge is 2.19. The maximum atomic E-state index is 13.4. The second kappa shape index (κ2) is 10.3. The summed E-state index contributed by atoms with van der Waals surface area (Å²) in [6.45, 7) is -11.4. The Bertz CT molecular complexity index is 1800. The number of nitrogens with one attached hydrogen (secondary N) is 1. The van der Waals surface area contributed by atoms with Crippen LogP contribution in [0.4, 0.5) is 5.69 Å². The molecule has 1 heterocycles. The number of pyridine rings is 1. The van der Waals surface area contributed by atoms with Crippen molar-refractivity contribution in [3.63, 3.8) is 0 Å². The molecule has 1 unspecified atom stereocenters. The van der Waals surface area contributed by atoms with Gasteiger partial charge in [-0.05, 0) is 60.0 Å². The van der Waals surface area contributed by atoms with Gasteiger partial charge < -0.3 is 15.8 Å². The molecule has 34 heavy (non-hydrogen) atoms. The molecule has 1 atom stereocenters. The summed E-state index contributed by atoms with van der Waals surface area (Å²) in [4.78, 5) is 30.2. The van der Waals surface area contributed by atoms with Gasteiger partial charge in [-0.15, -0.1) is 0 Å². The second-order valence-electron chi connectivity index (χ2n) is 7.16. The fourth-order valence-corrected chi connectivity index (χ4v) is 3.17. The minimum Gasteiger partial charge on any atom is -0.457 e. The number of fused-ring (bicyclic) bond motifs is 1. The molecule has 0 aliphatic carbocycles. The van der Waals surface area contributed by atoms with E-state index in [1.807, 2.05) is 0 Å².